The topological polar surface area (TPSA) is 86.8 Å². The van der Waals surface area contributed by atoms with Gasteiger partial charge in [-0.1, -0.05) is 77.3 Å². The van der Waals surface area contributed by atoms with Crippen molar-refractivity contribution < 1.29 is 18.0 Å². The first-order valence-corrected chi connectivity index (χ1v) is 16.1. The van der Waals surface area contributed by atoms with Crippen molar-refractivity contribution in [3.63, 3.8) is 0 Å². The molecule has 0 aliphatic carbocycles. The van der Waals surface area contributed by atoms with Gasteiger partial charge in [0.05, 0.1) is 17.0 Å². The van der Waals surface area contributed by atoms with Gasteiger partial charge in [-0.3, -0.25) is 13.9 Å². The van der Waals surface area contributed by atoms with Crippen LogP contribution < -0.4 is 9.62 Å². The summed E-state index contributed by atoms with van der Waals surface area (Å²) < 4.78 is 26.4. The van der Waals surface area contributed by atoms with E-state index in [9.17, 15) is 18.0 Å². The quantitative estimate of drug-likeness (QED) is 0.236. The second kappa shape index (κ2) is 14.9. The molecule has 0 aliphatic heterocycles. The van der Waals surface area contributed by atoms with Crippen molar-refractivity contribution in [2.24, 2.45) is 0 Å². The van der Waals surface area contributed by atoms with Crippen LogP contribution in [0.5, 0.6) is 0 Å². The molecule has 220 valence electrons. The normalized spacial score (nSPS) is 12.2. The largest absolute Gasteiger partial charge is 0.352 e. The number of hydrogen-bond donors (Lipinski definition) is 1. The summed E-state index contributed by atoms with van der Waals surface area (Å²) >= 11 is 18.5. The predicted molar refractivity (Wildman–Crippen MR) is 167 cm³/mol. The van der Waals surface area contributed by atoms with Gasteiger partial charge < -0.3 is 10.2 Å². The molecule has 0 aromatic heterocycles. The fourth-order valence-electron chi connectivity index (χ4n) is 4.38. The van der Waals surface area contributed by atoms with E-state index < -0.39 is 16.1 Å². The molecule has 3 rings (SSSR count). The second-order valence-corrected chi connectivity index (χ2v) is 13.2. The highest BCUT2D eigenvalue weighted by Gasteiger charge is 2.31. The van der Waals surface area contributed by atoms with E-state index >= 15 is 0 Å². The van der Waals surface area contributed by atoms with Gasteiger partial charge in [0.15, 0.2) is 0 Å². The summed E-state index contributed by atoms with van der Waals surface area (Å²) in [7, 11) is -3.72. The minimum Gasteiger partial charge on any atom is -0.352 e. The maximum atomic E-state index is 13.8. The summed E-state index contributed by atoms with van der Waals surface area (Å²) in [5.41, 5.74) is 1.95. The smallest absolute Gasteiger partial charge is 0.243 e. The zero-order chi connectivity index (χ0) is 30.2. The SMILES string of the molecule is CC(C)NC(=O)C(Cc1ccccc1)N(Cc1ccc(Cl)cc1)C(=O)CCCN(c1cc(Cl)ccc1Cl)S(C)(=O)=O. The Hall–Kier alpha value is -2.78. The van der Waals surface area contributed by atoms with Gasteiger partial charge in [0.25, 0.3) is 0 Å². The number of benzene rings is 3. The van der Waals surface area contributed by atoms with Crippen LogP contribution in [-0.4, -0.2) is 50.0 Å². The van der Waals surface area contributed by atoms with Crippen LogP contribution in [0.3, 0.4) is 0 Å². The molecule has 11 heteroatoms. The van der Waals surface area contributed by atoms with Crippen LogP contribution >= 0.6 is 34.8 Å². The lowest BCUT2D eigenvalue weighted by atomic mass is 10.0. The molecular weight excluding hydrogens is 605 g/mol. The number of rotatable bonds is 13. The van der Waals surface area contributed by atoms with Crippen LogP contribution in [0.15, 0.2) is 72.8 Å². The number of sulfonamides is 1. The van der Waals surface area contributed by atoms with E-state index in [0.29, 0.717) is 16.5 Å². The van der Waals surface area contributed by atoms with E-state index in [1.54, 1.807) is 23.1 Å². The highest BCUT2D eigenvalue weighted by atomic mass is 35.5. The molecule has 3 aromatic rings. The summed E-state index contributed by atoms with van der Waals surface area (Å²) in [5.74, 6) is -0.555. The van der Waals surface area contributed by atoms with Crippen molar-refractivity contribution in [1.82, 2.24) is 10.2 Å². The second-order valence-electron chi connectivity index (χ2n) is 10.1. The maximum Gasteiger partial charge on any atom is 0.243 e. The van der Waals surface area contributed by atoms with Crippen molar-refractivity contribution in [3.05, 3.63) is 99.0 Å². The summed E-state index contributed by atoms with van der Waals surface area (Å²) in [6.07, 6.45) is 1.57. The zero-order valence-electron chi connectivity index (χ0n) is 23.2. The van der Waals surface area contributed by atoms with Gasteiger partial charge in [0.2, 0.25) is 21.8 Å². The Balaban J connectivity index is 1.89. The number of nitrogens with zero attached hydrogens (tertiary/aromatic N) is 2. The van der Waals surface area contributed by atoms with Crippen molar-refractivity contribution >= 4 is 62.3 Å². The molecule has 0 spiro atoms. The predicted octanol–water partition coefficient (Wildman–Crippen LogP) is 6.36. The molecule has 41 heavy (non-hydrogen) atoms. The monoisotopic (exact) mass is 637 g/mol. The van der Waals surface area contributed by atoms with E-state index in [-0.39, 0.29) is 54.5 Å². The van der Waals surface area contributed by atoms with Crippen molar-refractivity contribution in [2.45, 2.75) is 51.7 Å². The molecule has 1 N–H and O–H groups in total. The number of anilines is 1. The van der Waals surface area contributed by atoms with E-state index in [4.69, 9.17) is 34.8 Å². The van der Waals surface area contributed by atoms with Crippen molar-refractivity contribution in [2.75, 3.05) is 17.1 Å². The van der Waals surface area contributed by atoms with E-state index in [0.717, 1.165) is 21.7 Å². The van der Waals surface area contributed by atoms with Gasteiger partial charge in [-0.2, -0.15) is 0 Å². The average Bonchev–Trinajstić information content (AvgIpc) is 2.90. The number of carbonyl (C=O) groups excluding carboxylic acids is 2. The Morgan fingerprint density at radius 1 is 0.878 bits per heavy atom. The molecule has 1 unspecified atom stereocenters. The van der Waals surface area contributed by atoms with Crippen LogP contribution in [0, 0.1) is 0 Å². The molecule has 0 heterocycles. The maximum absolute atomic E-state index is 13.8. The van der Waals surface area contributed by atoms with Crippen LogP contribution in [0.2, 0.25) is 15.1 Å². The Morgan fingerprint density at radius 2 is 1.51 bits per heavy atom. The lowest BCUT2D eigenvalue weighted by Crippen LogP contribution is -2.51. The van der Waals surface area contributed by atoms with E-state index in [2.05, 4.69) is 5.32 Å². The first-order chi connectivity index (χ1) is 19.3. The molecule has 2 amide bonds. The summed E-state index contributed by atoms with van der Waals surface area (Å²) in [6.45, 7) is 3.91. The third-order valence-corrected chi connectivity index (χ3v) is 8.28. The molecule has 0 bridgehead atoms. The van der Waals surface area contributed by atoms with Gasteiger partial charge in [-0.05, 0) is 61.7 Å². The van der Waals surface area contributed by atoms with Gasteiger partial charge >= 0.3 is 0 Å². The number of halogens is 3. The number of carbonyl (C=O) groups is 2. The molecule has 0 saturated carbocycles. The lowest BCUT2D eigenvalue weighted by molar-refractivity contribution is -0.141. The molecule has 0 radical (unpaired) electrons. The molecule has 0 saturated heterocycles. The molecule has 3 aromatic carbocycles. The standard InChI is InChI=1S/C30H34Cl3N3O4S/c1-21(2)34-30(38)28(18-22-8-5-4-6-9-22)35(20-23-11-13-24(31)14-12-23)29(37)10-7-17-36(41(3,39)40)27-19-25(32)15-16-26(27)33/h4-6,8-9,11-16,19,21,28H,7,10,17-18,20H2,1-3H3,(H,34,38). The fraction of sp³-hybridized carbons (Fsp3) is 0.333. The van der Waals surface area contributed by atoms with Gasteiger partial charge in [-0.15, -0.1) is 0 Å². The summed E-state index contributed by atoms with van der Waals surface area (Å²) in [4.78, 5) is 28.9. The third-order valence-electron chi connectivity index (χ3n) is 6.30. The van der Waals surface area contributed by atoms with Gasteiger partial charge in [0.1, 0.15) is 6.04 Å². The number of hydrogen-bond acceptors (Lipinski definition) is 4. The summed E-state index contributed by atoms with van der Waals surface area (Å²) in [6, 6.07) is 20.3. The van der Waals surface area contributed by atoms with Crippen LogP contribution in [0.1, 0.15) is 37.8 Å². The highest BCUT2D eigenvalue weighted by Crippen LogP contribution is 2.31. The van der Waals surface area contributed by atoms with Crippen molar-refractivity contribution in [1.29, 1.82) is 0 Å². The lowest BCUT2D eigenvalue weighted by Gasteiger charge is -2.32. The van der Waals surface area contributed by atoms with Crippen molar-refractivity contribution in [3.8, 4) is 0 Å². The molecular formula is C30H34Cl3N3O4S. The van der Waals surface area contributed by atoms with Gasteiger partial charge in [0, 0.05) is 42.0 Å². The Bertz CT molecular complexity index is 1440. The van der Waals surface area contributed by atoms with Crippen LogP contribution in [0.25, 0.3) is 0 Å². The van der Waals surface area contributed by atoms with E-state index in [1.165, 1.54) is 12.1 Å². The average molecular weight is 639 g/mol. The number of amides is 2. The molecule has 7 nitrogen and oxygen atoms in total. The Labute approximate surface area is 257 Å². The minimum atomic E-state index is -3.72. The Morgan fingerprint density at radius 3 is 2.12 bits per heavy atom. The summed E-state index contributed by atoms with van der Waals surface area (Å²) in [5, 5.41) is 4.07. The van der Waals surface area contributed by atoms with Gasteiger partial charge in [-0.25, -0.2) is 8.42 Å². The first kappa shape index (κ1) is 32.7. The van der Waals surface area contributed by atoms with Crippen LogP contribution in [-0.2, 0) is 32.6 Å². The Kier molecular flexibility index (Phi) is 11.9. The molecule has 0 fully saturated rings. The van der Waals surface area contributed by atoms with E-state index in [1.807, 2.05) is 56.3 Å². The fourth-order valence-corrected chi connectivity index (χ4v) is 5.91. The zero-order valence-corrected chi connectivity index (χ0v) is 26.3. The third kappa shape index (κ3) is 9.92. The van der Waals surface area contributed by atoms with Crippen LogP contribution in [0.4, 0.5) is 5.69 Å². The molecule has 0 aliphatic rings. The minimum absolute atomic E-state index is 0.000955. The highest BCUT2D eigenvalue weighted by molar-refractivity contribution is 7.92. The molecule has 1 atom stereocenters. The first-order valence-electron chi connectivity index (χ1n) is 13.2. The number of nitrogens with one attached hydrogen (secondary N) is 1.